The van der Waals surface area contributed by atoms with E-state index in [-0.39, 0.29) is 0 Å². The number of nitrogen functional groups attached to an aromatic ring is 2. The van der Waals surface area contributed by atoms with Gasteiger partial charge in [-0.25, -0.2) is 0 Å². The van der Waals surface area contributed by atoms with E-state index in [1.165, 1.54) is 0 Å². The summed E-state index contributed by atoms with van der Waals surface area (Å²) in [4.78, 5) is 0. The maximum absolute atomic E-state index is 6.88. The topological polar surface area (TPSA) is 52.0 Å². The van der Waals surface area contributed by atoms with Gasteiger partial charge in [-0.15, -0.1) is 0 Å². The summed E-state index contributed by atoms with van der Waals surface area (Å²) < 4.78 is 0. The molecule has 0 unspecified atom stereocenters. The average molecular weight is 489 g/mol. The number of benzene rings is 6. The summed E-state index contributed by atoms with van der Waals surface area (Å²) in [5, 5.41) is 0. The third-order valence-corrected chi connectivity index (χ3v) is 7.02. The second-order valence-electron chi connectivity index (χ2n) is 9.40. The van der Waals surface area contributed by atoms with E-state index in [1.807, 2.05) is 30.3 Å². The van der Waals surface area contributed by atoms with Gasteiger partial charge in [0, 0.05) is 22.5 Å². The van der Waals surface area contributed by atoms with Gasteiger partial charge in [0.15, 0.2) is 0 Å². The highest BCUT2D eigenvalue weighted by atomic mass is 14.6. The normalized spacial score (nSPS) is 10.8. The van der Waals surface area contributed by atoms with Gasteiger partial charge in [-0.05, 0) is 62.7 Å². The summed E-state index contributed by atoms with van der Waals surface area (Å²) in [7, 11) is 0. The lowest BCUT2D eigenvalue weighted by atomic mass is 9.82. The van der Waals surface area contributed by atoms with Gasteiger partial charge in [-0.2, -0.15) is 0 Å². The van der Waals surface area contributed by atoms with Crippen LogP contribution in [0.4, 0.5) is 11.4 Å². The summed E-state index contributed by atoms with van der Waals surface area (Å²) in [6.07, 6.45) is 0. The van der Waals surface area contributed by atoms with Crippen molar-refractivity contribution >= 4 is 11.4 Å². The Labute approximate surface area is 223 Å². The molecular weight excluding hydrogens is 460 g/mol. The van der Waals surface area contributed by atoms with Crippen LogP contribution in [0.5, 0.6) is 0 Å². The molecule has 0 aliphatic carbocycles. The predicted octanol–water partition coefficient (Wildman–Crippen LogP) is 9.19. The van der Waals surface area contributed by atoms with E-state index in [9.17, 15) is 0 Å². The smallest absolute Gasteiger partial charge is 0.0400 e. The Morgan fingerprint density at radius 3 is 1.24 bits per heavy atom. The van der Waals surface area contributed by atoms with Crippen LogP contribution in [0.25, 0.3) is 55.6 Å². The van der Waals surface area contributed by atoms with Crippen LogP contribution in [0.2, 0.25) is 0 Å². The van der Waals surface area contributed by atoms with E-state index in [0.29, 0.717) is 0 Å². The standard InChI is InChI=1S/C36H28N2/c37-28-21-19-27(20-22-28)31-23-24-34(38)36(33-18-10-8-16-30(33)26-13-5-2-6-14-26)35(31)32-17-9-7-15-29(32)25-11-3-1-4-12-25/h1-24H,37-38H2. The summed E-state index contributed by atoms with van der Waals surface area (Å²) in [5.41, 5.74) is 25.6. The Hall–Kier alpha value is -5.08. The Morgan fingerprint density at radius 1 is 0.289 bits per heavy atom. The van der Waals surface area contributed by atoms with Crippen LogP contribution in [0, 0.1) is 0 Å². The number of hydrogen-bond acceptors (Lipinski definition) is 2. The number of anilines is 2. The highest BCUT2D eigenvalue weighted by molar-refractivity contribution is 6.05. The van der Waals surface area contributed by atoms with Crippen molar-refractivity contribution < 1.29 is 0 Å². The second kappa shape index (κ2) is 10.1. The quantitative estimate of drug-likeness (QED) is 0.238. The van der Waals surface area contributed by atoms with Gasteiger partial charge < -0.3 is 11.5 Å². The molecule has 0 spiro atoms. The molecule has 6 aromatic carbocycles. The van der Waals surface area contributed by atoms with E-state index in [0.717, 1.165) is 67.0 Å². The fraction of sp³-hybridized carbons (Fsp3) is 0. The minimum absolute atomic E-state index is 0.741. The van der Waals surface area contributed by atoms with Gasteiger partial charge in [0.2, 0.25) is 0 Å². The van der Waals surface area contributed by atoms with Crippen molar-refractivity contribution in [3.05, 3.63) is 146 Å². The molecule has 0 saturated heterocycles. The van der Waals surface area contributed by atoms with Gasteiger partial charge in [0.05, 0.1) is 0 Å². The predicted molar refractivity (Wildman–Crippen MR) is 162 cm³/mol. The number of nitrogens with two attached hydrogens (primary N) is 2. The maximum atomic E-state index is 6.88. The molecule has 0 heterocycles. The first-order valence-corrected chi connectivity index (χ1v) is 12.8. The molecule has 6 rings (SSSR count). The fourth-order valence-electron chi connectivity index (χ4n) is 5.23. The third-order valence-electron chi connectivity index (χ3n) is 7.02. The molecule has 0 amide bonds. The zero-order chi connectivity index (χ0) is 25.9. The van der Waals surface area contributed by atoms with Crippen molar-refractivity contribution in [1.29, 1.82) is 0 Å². The molecule has 38 heavy (non-hydrogen) atoms. The Balaban J connectivity index is 1.72. The van der Waals surface area contributed by atoms with Crippen LogP contribution >= 0.6 is 0 Å². The highest BCUT2D eigenvalue weighted by Gasteiger charge is 2.21. The van der Waals surface area contributed by atoms with Gasteiger partial charge in [0.1, 0.15) is 0 Å². The van der Waals surface area contributed by atoms with Crippen molar-refractivity contribution in [3.63, 3.8) is 0 Å². The summed E-state index contributed by atoms with van der Waals surface area (Å²) in [5.74, 6) is 0. The molecule has 6 aromatic rings. The molecule has 0 radical (unpaired) electrons. The first kappa shape index (κ1) is 23.3. The van der Waals surface area contributed by atoms with Crippen molar-refractivity contribution in [2.75, 3.05) is 11.5 Å². The average Bonchev–Trinajstić information content (AvgIpc) is 2.98. The van der Waals surface area contributed by atoms with Crippen LogP contribution < -0.4 is 11.5 Å². The minimum atomic E-state index is 0.741. The van der Waals surface area contributed by atoms with Crippen molar-refractivity contribution in [1.82, 2.24) is 0 Å². The summed E-state index contributed by atoms with van der Waals surface area (Å²) >= 11 is 0. The number of rotatable bonds is 5. The first-order valence-electron chi connectivity index (χ1n) is 12.8. The number of hydrogen-bond donors (Lipinski definition) is 2. The van der Waals surface area contributed by atoms with E-state index >= 15 is 0 Å². The molecule has 0 bridgehead atoms. The second-order valence-corrected chi connectivity index (χ2v) is 9.40. The summed E-state index contributed by atoms with van der Waals surface area (Å²) in [6, 6.07) is 50.4. The van der Waals surface area contributed by atoms with Gasteiger partial charge in [-0.3, -0.25) is 0 Å². The first-order chi connectivity index (χ1) is 18.7. The Kier molecular flexibility index (Phi) is 6.21. The molecule has 0 aliphatic heterocycles. The molecule has 2 nitrogen and oxygen atoms in total. The fourth-order valence-corrected chi connectivity index (χ4v) is 5.23. The highest BCUT2D eigenvalue weighted by Crippen LogP contribution is 2.48. The van der Waals surface area contributed by atoms with Crippen LogP contribution in [-0.4, -0.2) is 0 Å². The Bertz CT molecular complexity index is 1700. The lowest BCUT2D eigenvalue weighted by Gasteiger charge is -2.22. The zero-order valence-corrected chi connectivity index (χ0v) is 21.0. The molecule has 2 heteroatoms. The zero-order valence-electron chi connectivity index (χ0n) is 21.0. The van der Waals surface area contributed by atoms with Crippen molar-refractivity contribution in [2.45, 2.75) is 0 Å². The minimum Gasteiger partial charge on any atom is -0.399 e. The van der Waals surface area contributed by atoms with E-state index in [4.69, 9.17) is 11.5 Å². The molecule has 0 fully saturated rings. The largest absolute Gasteiger partial charge is 0.399 e. The SMILES string of the molecule is Nc1ccc(-c2ccc(N)c(-c3ccccc3-c3ccccc3)c2-c2ccccc2-c2ccccc2)cc1. The van der Waals surface area contributed by atoms with E-state index in [2.05, 4.69) is 115 Å². The van der Waals surface area contributed by atoms with Crippen molar-refractivity contribution in [3.8, 4) is 55.6 Å². The van der Waals surface area contributed by atoms with Gasteiger partial charge >= 0.3 is 0 Å². The molecule has 0 aromatic heterocycles. The van der Waals surface area contributed by atoms with Gasteiger partial charge in [0.25, 0.3) is 0 Å². The maximum Gasteiger partial charge on any atom is 0.0400 e. The van der Waals surface area contributed by atoms with Crippen LogP contribution in [0.3, 0.4) is 0 Å². The Morgan fingerprint density at radius 2 is 0.711 bits per heavy atom. The van der Waals surface area contributed by atoms with Crippen LogP contribution in [-0.2, 0) is 0 Å². The molecule has 4 N–H and O–H groups in total. The monoisotopic (exact) mass is 488 g/mol. The van der Waals surface area contributed by atoms with E-state index in [1.54, 1.807) is 0 Å². The van der Waals surface area contributed by atoms with Gasteiger partial charge in [-0.1, -0.05) is 127 Å². The molecule has 0 saturated carbocycles. The van der Waals surface area contributed by atoms with Crippen LogP contribution in [0.15, 0.2) is 146 Å². The third kappa shape index (κ3) is 4.33. The van der Waals surface area contributed by atoms with Crippen LogP contribution in [0.1, 0.15) is 0 Å². The van der Waals surface area contributed by atoms with Crippen molar-refractivity contribution in [2.24, 2.45) is 0 Å². The van der Waals surface area contributed by atoms with E-state index < -0.39 is 0 Å². The lowest BCUT2D eigenvalue weighted by Crippen LogP contribution is -1.99. The summed E-state index contributed by atoms with van der Waals surface area (Å²) in [6.45, 7) is 0. The molecule has 182 valence electrons. The molecule has 0 atom stereocenters. The molecule has 0 aliphatic rings. The molecular formula is C36H28N2. The lowest BCUT2D eigenvalue weighted by molar-refractivity contribution is 1.53.